The number of hydrogen-bond donors (Lipinski definition) is 1. The van der Waals surface area contributed by atoms with Crippen LogP contribution in [0.5, 0.6) is 0 Å². The van der Waals surface area contributed by atoms with Crippen molar-refractivity contribution in [1.29, 1.82) is 0 Å². The number of azide groups is 1. The van der Waals surface area contributed by atoms with E-state index in [4.69, 9.17) is 10.7 Å². The maximum absolute atomic E-state index is 10.8. The average molecular weight is 204 g/mol. The normalized spacial score (nSPS) is 28.4. The molecular formula is C6H12N4O2S. The van der Waals surface area contributed by atoms with Crippen molar-refractivity contribution >= 4 is 10.0 Å². The van der Waals surface area contributed by atoms with E-state index in [2.05, 4.69) is 10.0 Å². The summed E-state index contributed by atoms with van der Waals surface area (Å²) in [5.74, 6) is -0.164. The fourth-order valence-electron chi connectivity index (χ4n) is 1.73. The Hall–Kier alpha value is -0.780. The van der Waals surface area contributed by atoms with Gasteiger partial charge in [-0.15, -0.1) is 0 Å². The molecule has 2 atom stereocenters. The highest BCUT2D eigenvalue weighted by molar-refractivity contribution is 7.89. The summed E-state index contributed by atoms with van der Waals surface area (Å²) in [5.41, 5.74) is 8.22. The second-order valence-corrected chi connectivity index (χ2v) is 4.95. The molecule has 0 radical (unpaired) electrons. The highest BCUT2D eigenvalue weighted by atomic mass is 32.2. The molecule has 0 saturated heterocycles. The van der Waals surface area contributed by atoms with Crippen LogP contribution in [0.3, 0.4) is 0 Å². The Morgan fingerprint density at radius 1 is 1.54 bits per heavy atom. The Labute approximate surface area is 76.8 Å². The molecule has 1 fully saturated rings. The van der Waals surface area contributed by atoms with Gasteiger partial charge in [0.2, 0.25) is 10.0 Å². The van der Waals surface area contributed by atoms with Gasteiger partial charge in [0.1, 0.15) is 0 Å². The third-order valence-electron chi connectivity index (χ3n) is 2.27. The second kappa shape index (κ2) is 3.95. The lowest BCUT2D eigenvalue weighted by Crippen LogP contribution is -2.26. The van der Waals surface area contributed by atoms with Crippen molar-refractivity contribution < 1.29 is 8.42 Å². The first kappa shape index (κ1) is 10.3. The largest absolute Gasteiger partial charge is 0.229 e. The smallest absolute Gasteiger partial charge is 0.209 e. The van der Waals surface area contributed by atoms with E-state index in [0.29, 0.717) is 0 Å². The molecule has 0 aromatic carbocycles. The third kappa shape index (κ3) is 3.22. The Morgan fingerprint density at radius 3 is 2.77 bits per heavy atom. The molecule has 0 heterocycles. The summed E-state index contributed by atoms with van der Waals surface area (Å²) in [6, 6.07) is -0.191. The summed E-state index contributed by atoms with van der Waals surface area (Å²) < 4.78 is 21.6. The van der Waals surface area contributed by atoms with E-state index < -0.39 is 10.0 Å². The van der Waals surface area contributed by atoms with Crippen molar-refractivity contribution in [2.75, 3.05) is 5.75 Å². The number of sulfonamides is 1. The molecule has 0 aliphatic heterocycles. The quantitative estimate of drug-likeness (QED) is 0.416. The molecule has 1 aliphatic rings. The van der Waals surface area contributed by atoms with Crippen molar-refractivity contribution in [2.24, 2.45) is 16.2 Å². The predicted octanol–water partition coefficient (Wildman–Crippen LogP) is 0.754. The van der Waals surface area contributed by atoms with Crippen LogP contribution in [0, 0.1) is 5.92 Å². The van der Waals surface area contributed by atoms with E-state index in [1.807, 2.05) is 0 Å². The van der Waals surface area contributed by atoms with Crippen LogP contribution in [0.15, 0.2) is 5.11 Å². The number of rotatable bonds is 3. The summed E-state index contributed by atoms with van der Waals surface area (Å²) >= 11 is 0. The van der Waals surface area contributed by atoms with Crippen LogP contribution in [-0.4, -0.2) is 20.2 Å². The molecule has 0 aromatic heterocycles. The van der Waals surface area contributed by atoms with Gasteiger partial charge in [0, 0.05) is 11.0 Å². The number of hydrogen-bond acceptors (Lipinski definition) is 3. The van der Waals surface area contributed by atoms with Gasteiger partial charge in [0.05, 0.1) is 5.75 Å². The minimum absolute atomic E-state index is 0.0727. The van der Waals surface area contributed by atoms with Gasteiger partial charge < -0.3 is 0 Å². The summed E-state index contributed by atoms with van der Waals surface area (Å²) in [5, 5.41) is 8.46. The first-order chi connectivity index (χ1) is 6.03. The molecule has 2 N–H and O–H groups in total. The minimum atomic E-state index is -3.44. The average Bonchev–Trinajstić information content (AvgIpc) is 2.34. The van der Waals surface area contributed by atoms with Crippen LogP contribution in [0.4, 0.5) is 0 Å². The Morgan fingerprint density at radius 2 is 2.23 bits per heavy atom. The highest BCUT2D eigenvalue weighted by Crippen LogP contribution is 2.29. The van der Waals surface area contributed by atoms with Gasteiger partial charge in [0.15, 0.2) is 0 Å². The first-order valence-corrected chi connectivity index (χ1v) is 5.79. The van der Waals surface area contributed by atoms with Crippen molar-refractivity contribution in [3.05, 3.63) is 10.4 Å². The molecule has 0 unspecified atom stereocenters. The van der Waals surface area contributed by atoms with Gasteiger partial charge in [-0.2, -0.15) is 0 Å². The summed E-state index contributed by atoms with van der Waals surface area (Å²) in [7, 11) is -3.44. The van der Waals surface area contributed by atoms with Crippen molar-refractivity contribution in [3.8, 4) is 0 Å². The zero-order chi connectivity index (χ0) is 9.90. The molecule has 0 bridgehead atoms. The molecule has 7 heteroatoms. The summed E-state index contributed by atoms with van der Waals surface area (Å²) in [6.07, 6.45) is 2.45. The van der Waals surface area contributed by atoms with E-state index in [1.54, 1.807) is 0 Å². The minimum Gasteiger partial charge on any atom is -0.229 e. The fourth-order valence-corrected chi connectivity index (χ4v) is 2.71. The first-order valence-electron chi connectivity index (χ1n) is 4.07. The molecule has 6 nitrogen and oxygen atoms in total. The maximum atomic E-state index is 10.8. The van der Waals surface area contributed by atoms with Crippen LogP contribution in [0.25, 0.3) is 10.4 Å². The molecule has 0 amide bonds. The zero-order valence-corrected chi connectivity index (χ0v) is 7.94. The molecule has 13 heavy (non-hydrogen) atoms. The van der Waals surface area contributed by atoms with E-state index >= 15 is 0 Å². The van der Waals surface area contributed by atoms with Crippen LogP contribution < -0.4 is 5.14 Å². The zero-order valence-electron chi connectivity index (χ0n) is 7.13. The summed E-state index contributed by atoms with van der Waals surface area (Å²) in [4.78, 5) is 2.69. The Bertz CT molecular complexity index is 320. The monoisotopic (exact) mass is 204 g/mol. The van der Waals surface area contributed by atoms with Crippen molar-refractivity contribution in [1.82, 2.24) is 0 Å². The van der Waals surface area contributed by atoms with E-state index in [-0.39, 0.29) is 17.7 Å². The van der Waals surface area contributed by atoms with Gasteiger partial charge in [0.25, 0.3) is 0 Å². The molecule has 0 spiro atoms. The molecule has 1 aliphatic carbocycles. The SMILES string of the molecule is [N-]=[N+]=N[C@@H]1CCC[C@H]1CS(N)(=O)=O. The topological polar surface area (TPSA) is 109 Å². The lowest BCUT2D eigenvalue weighted by Gasteiger charge is -2.12. The van der Waals surface area contributed by atoms with Crippen molar-refractivity contribution in [2.45, 2.75) is 25.3 Å². The van der Waals surface area contributed by atoms with Gasteiger partial charge in [-0.1, -0.05) is 11.5 Å². The lowest BCUT2D eigenvalue weighted by molar-refractivity contribution is 0.511. The van der Waals surface area contributed by atoms with Crippen LogP contribution in [0.1, 0.15) is 19.3 Å². The number of primary sulfonamides is 1. The molecular weight excluding hydrogens is 192 g/mol. The van der Waals surface area contributed by atoms with Crippen molar-refractivity contribution in [3.63, 3.8) is 0 Å². The van der Waals surface area contributed by atoms with E-state index in [0.717, 1.165) is 19.3 Å². The van der Waals surface area contributed by atoms with Crippen LogP contribution >= 0.6 is 0 Å². The number of nitrogens with two attached hydrogens (primary N) is 1. The molecule has 0 aromatic rings. The second-order valence-electron chi connectivity index (χ2n) is 3.29. The lowest BCUT2D eigenvalue weighted by atomic mass is 10.1. The van der Waals surface area contributed by atoms with Gasteiger partial charge >= 0.3 is 0 Å². The van der Waals surface area contributed by atoms with Gasteiger partial charge in [-0.3, -0.25) is 0 Å². The molecule has 1 saturated carbocycles. The Balaban J connectivity index is 2.64. The van der Waals surface area contributed by atoms with Gasteiger partial charge in [-0.05, 0) is 24.3 Å². The van der Waals surface area contributed by atoms with Crippen LogP contribution in [0.2, 0.25) is 0 Å². The third-order valence-corrected chi connectivity index (χ3v) is 3.16. The number of nitrogens with zero attached hydrogens (tertiary/aromatic N) is 3. The fraction of sp³-hybridized carbons (Fsp3) is 1.00. The highest BCUT2D eigenvalue weighted by Gasteiger charge is 2.29. The Kier molecular flexibility index (Phi) is 3.13. The van der Waals surface area contributed by atoms with Crippen LogP contribution in [-0.2, 0) is 10.0 Å². The van der Waals surface area contributed by atoms with Gasteiger partial charge in [-0.25, -0.2) is 13.6 Å². The van der Waals surface area contributed by atoms with E-state index in [9.17, 15) is 8.42 Å². The maximum Gasteiger partial charge on any atom is 0.209 e. The predicted molar refractivity (Wildman–Crippen MR) is 48.2 cm³/mol. The summed E-state index contributed by atoms with van der Waals surface area (Å²) in [6.45, 7) is 0. The molecule has 74 valence electrons. The standard InChI is InChI=1S/C6H12N4O2S/c7-10-9-6-3-1-2-5(6)4-13(8,11)12/h5-6H,1-4H2,(H2,8,11,12)/t5-,6+/m0/s1. The molecule has 1 rings (SSSR count). The van der Waals surface area contributed by atoms with E-state index in [1.165, 1.54) is 0 Å².